The third kappa shape index (κ3) is 3.48. The highest BCUT2D eigenvalue weighted by molar-refractivity contribution is 9.10. The first-order valence-electron chi connectivity index (χ1n) is 6.81. The minimum Gasteiger partial charge on any atom is -0.271 e. The van der Waals surface area contributed by atoms with Crippen LogP contribution in [-0.2, 0) is 12.8 Å². The summed E-state index contributed by atoms with van der Waals surface area (Å²) in [4.78, 5) is 1.32. The van der Waals surface area contributed by atoms with Crippen molar-refractivity contribution in [3.05, 3.63) is 63.9 Å². The molecule has 110 valence electrons. The van der Waals surface area contributed by atoms with Gasteiger partial charge in [-0.3, -0.25) is 11.3 Å². The minimum atomic E-state index is -0.225. The Bertz CT molecular complexity index is 605. The van der Waals surface area contributed by atoms with Gasteiger partial charge in [0, 0.05) is 20.7 Å². The Kier molecular flexibility index (Phi) is 4.64. The quantitative estimate of drug-likeness (QED) is 0.640. The first-order chi connectivity index (χ1) is 10.2. The van der Waals surface area contributed by atoms with Crippen molar-refractivity contribution in [2.75, 3.05) is 0 Å². The molecule has 5 heteroatoms. The van der Waals surface area contributed by atoms with Gasteiger partial charge in [0.25, 0.3) is 0 Å². The second-order valence-electron chi connectivity index (χ2n) is 5.22. The predicted octanol–water partition coefficient (Wildman–Crippen LogP) is 3.68. The molecule has 1 aliphatic heterocycles. The van der Waals surface area contributed by atoms with Gasteiger partial charge in [-0.15, -0.1) is 11.8 Å². The van der Waals surface area contributed by atoms with E-state index >= 15 is 0 Å². The van der Waals surface area contributed by atoms with Gasteiger partial charge in [0.2, 0.25) is 0 Å². The Hall–Kier alpha value is -0.880. The van der Waals surface area contributed by atoms with Crippen LogP contribution in [0.1, 0.15) is 11.1 Å². The molecule has 0 aromatic heterocycles. The summed E-state index contributed by atoms with van der Waals surface area (Å²) < 4.78 is 14.2. The van der Waals surface area contributed by atoms with E-state index in [4.69, 9.17) is 5.84 Å². The maximum Gasteiger partial charge on any atom is 0.124 e. The molecule has 3 rings (SSSR count). The summed E-state index contributed by atoms with van der Waals surface area (Å²) in [7, 11) is 0. The van der Waals surface area contributed by atoms with E-state index in [1.807, 2.05) is 17.8 Å². The SMILES string of the molecule is NNC(Cc1cc(F)cc(Br)c1)C1Cc2ccccc2S1. The second kappa shape index (κ2) is 6.48. The van der Waals surface area contributed by atoms with Crippen LogP contribution in [0.25, 0.3) is 0 Å². The summed E-state index contributed by atoms with van der Waals surface area (Å²) in [5.41, 5.74) is 5.22. The van der Waals surface area contributed by atoms with E-state index in [-0.39, 0.29) is 11.9 Å². The lowest BCUT2D eigenvalue weighted by Crippen LogP contribution is -2.44. The van der Waals surface area contributed by atoms with Gasteiger partial charge in [-0.25, -0.2) is 4.39 Å². The number of hydrogen-bond donors (Lipinski definition) is 2. The number of nitrogens with one attached hydrogen (secondary N) is 1. The lowest BCUT2D eigenvalue weighted by atomic mass is 9.99. The maximum atomic E-state index is 13.5. The normalized spacial score (nSPS) is 18.5. The molecule has 2 aromatic rings. The van der Waals surface area contributed by atoms with E-state index in [1.165, 1.54) is 16.5 Å². The van der Waals surface area contributed by atoms with Crippen molar-refractivity contribution in [2.24, 2.45) is 5.84 Å². The fourth-order valence-corrected chi connectivity index (χ4v) is 4.61. The molecule has 1 heterocycles. The van der Waals surface area contributed by atoms with Crippen LogP contribution in [0.3, 0.4) is 0 Å². The Morgan fingerprint density at radius 3 is 2.86 bits per heavy atom. The van der Waals surface area contributed by atoms with Gasteiger partial charge in [0.05, 0.1) is 0 Å². The van der Waals surface area contributed by atoms with E-state index in [2.05, 4.69) is 45.6 Å². The summed E-state index contributed by atoms with van der Waals surface area (Å²) >= 11 is 5.18. The molecule has 0 bridgehead atoms. The fraction of sp³-hybridized carbons (Fsp3) is 0.250. The van der Waals surface area contributed by atoms with Crippen molar-refractivity contribution in [2.45, 2.75) is 29.0 Å². The van der Waals surface area contributed by atoms with Crippen molar-refractivity contribution >= 4 is 27.7 Å². The summed E-state index contributed by atoms with van der Waals surface area (Å²) in [6, 6.07) is 13.5. The van der Waals surface area contributed by atoms with Gasteiger partial charge in [-0.2, -0.15) is 0 Å². The zero-order valence-electron chi connectivity index (χ0n) is 11.4. The van der Waals surface area contributed by atoms with Crippen LogP contribution < -0.4 is 11.3 Å². The Balaban J connectivity index is 1.75. The van der Waals surface area contributed by atoms with Crippen molar-refractivity contribution in [3.8, 4) is 0 Å². The van der Waals surface area contributed by atoms with Crippen LogP contribution in [0.2, 0.25) is 0 Å². The van der Waals surface area contributed by atoms with Crippen LogP contribution in [0.4, 0.5) is 4.39 Å². The zero-order chi connectivity index (χ0) is 14.8. The van der Waals surface area contributed by atoms with Gasteiger partial charge in [-0.05, 0) is 48.2 Å². The first kappa shape index (κ1) is 15.0. The molecule has 1 aliphatic rings. The fourth-order valence-electron chi connectivity index (χ4n) is 2.71. The molecule has 2 nitrogen and oxygen atoms in total. The van der Waals surface area contributed by atoms with E-state index in [0.717, 1.165) is 16.5 Å². The lowest BCUT2D eigenvalue weighted by molar-refractivity contribution is 0.505. The van der Waals surface area contributed by atoms with Crippen molar-refractivity contribution in [1.29, 1.82) is 0 Å². The third-order valence-corrected chi connectivity index (χ3v) is 5.62. The molecular formula is C16H16BrFN2S. The average Bonchev–Trinajstić information content (AvgIpc) is 2.87. The van der Waals surface area contributed by atoms with E-state index in [0.29, 0.717) is 11.7 Å². The number of nitrogens with two attached hydrogens (primary N) is 1. The maximum absolute atomic E-state index is 13.5. The number of hydrazine groups is 1. The lowest BCUT2D eigenvalue weighted by Gasteiger charge is -2.22. The standard InChI is InChI=1S/C16H16BrFN2S/c17-12-5-10(6-13(18)9-12)7-14(20-19)16-8-11-3-1-2-4-15(11)21-16/h1-6,9,14,16,20H,7-8,19H2. The number of hydrogen-bond acceptors (Lipinski definition) is 3. The molecule has 2 aromatic carbocycles. The molecule has 0 amide bonds. The van der Waals surface area contributed by atoms with Crippen molar-refractivity contribution in [1.82, 2.24) is 5.43 Å². The minimum absolute atomic E-state index is 0.107. The summed E-state index contributed by atoms with van der Waals surface area (Å²) in [5.74, 6) is 5.52. The van der Waals surface area contributed by atoms with Gasteiger partial charge in [0.1, 0.15) is 5.82 Å². The Morgan fingerprint density at radius 1 is 1.33 bits per heavy atom. The molecule has 0 saturated carbocycles. The molecule has 3 N–H and O–H groups in total. The highest BCUT2D eigenvalue weighted by Crippen LogP contribution is 2.38. The second-order valence-corrected chi connectivity index (χ2v) is 7.42. The number of fused-ring (bicyclic) bond motifs is 1. The Morgan fingerprint density at radius 2 is 2.14 bits per heavy atom. The number of benzene rings is 2. The number of halogens is 2. The summed E-state index contributed by atoms with van der Waals surface area (Å²) in [6.07, 6.45) is 1.70. The van der Waals surface area contributed by atoms with E-state index in [1.54, 1.807) is 6.07 Å². The molecule has 2 unspecified atom stereocenters. The van der Waals surface area contributed by atoms with Gasteiger partial charge < -0.3 is 0 Å². The molecule has 0 spiro atoms. The van der Waals surface area contributed by atoms with Crippen LogP contribution in [0, 0.1) is 5.82 Å². The van der Waals surface area contributed by atoms with E-state index < -0.39 is 0 Å². The molecule has 0 radical (unpaired) electrons. The summed E-state index contributed by atoms with van der Waals surface area (Å²) in [5, 5.41) is 0.370. The molecule has 2 atom stereocenters. The summed E-state index contributed by atoms with van der Waals surface area (Å²) in [6.45, 7) is 0. The van der Waals surface area contributed by atoms with Gasteiger partial charge in [-0.1, -0.05) is 34.1 Å². The monoisotopic (exact) mass is 366 g/mol. The van der Waals surface area contributed by atoms with Crippen LogP contribution in [-0.4, -0.2) is 11.3 Å². The van der Waals surface area contributed by atoms with Crippen LogP contribution in [0.5, 0.6) is 0 Å². The number of thioether (sulfide) groups is 1. The predicted molar refractivity (Wildman–Crippen MR) is 88.7 cm³/mol. The number of rotatable bonds is 4. The molecule has 21 heavy (non-hydrogen) atoms. The zero-order valence-corrected chi connectivity index (χ0v) is 13.8. The van der Waals surface area contributed by atoms with E-state index in [9.17, 15) is 4.39 Å². The highest BCUT2D eigenvalue weighted by atomic mass is 79.9. The van der Waals surface area contributed by atoms with Crippen molar-refractivity contribution in [3.63, 3.8) is 0 Å². The molecule has 0 fully saturated rings. The molecular weight excluding hydrogens is 351 g/mol. The molecule has 0 aliphatic carbocycles. The largest absolute Gasteiger partial charge is 0.271 e. The van der Waals surface area contributed by atoms with Crippen LogP contribution in [0.15, 0.2) is 51.8 Å². The van der Waals surface area contributed by atoms with Crippen molar-refractivity contribution < 1.29 is 4.39 Å². The average molecular weight is 367 g/mol. The highest BCUT2D eigenvalue weighted by Gasteiger charge is 2.28. The topological polar surface area (TPSA) is 38.0 Å². The first-order valence-corrected chi connectivity index (χ1v) is 8.48. The van der Waals surface area contributed by atoms with Gasteiger partial charge in [0.15, 0.2) is 0 Å². The smallest absolute Gasteiger partial charge is 0.124 e. The molecule has 0 saturated heterocycles. The van der Waals surface area contributed by atoms with Crippen LogP contribution >= 0.6 is 27.7 Å². The van der Waals surface area contributed by atoms with Gasteiger partial charge >= 0.3 is 0 Å². The third-order valence-electron chi connectivity index (χ3n) is 3.71. The Labute approximate surface area is 136 Å².